The van der Waals surface area contributed by atoms with Gasteiger partial charge in [0.05, 0.1) is 18.6 Å². The Labute approximate surface area is 166 Å². The molecule has 1 aliphatic rings. The molecule has 1 aliphatic carbocycles. The van der Waals surface area contributed by atoms with E-state index in [1.807, 2.05) is 17.7 Å². The highest BCUT2D eigenvalue weighted by atomic mass is 35.5. The zero-order chi connectivity index (χ0) is 19.1. The number of hydrogen-bond donors (Lipinski definition) is 3. The largest absolute Gasteiger partial charge is 0.506 e. The number of rotatable bonds is 4. The highest BCUT2D eigenvalue weighted by molar-refractivity contribution is 5.92. The summed E-state index contributed by atoms with van der Waals surface area (Å²) in [6.45, 7) is 3.27. The number of aromatic hydroxyl groups is 1. The molecular weight excluding hydrogens is 386 g/mol. The van der Waals surface area contributed by atoms with Gasteiger partial charge in [-0.25, -0.2) is 14.8 Å². The second-order valence-electron chi connectivity index (χ2n) is 6.49. The molecule has 0 saturated heterocycles. The summed E-state index contributed by atoms with van der Waals surface area (Å²) in [5.41, 5.74) is 0.975. The lowest BCUT2D eigenvalue weighted by molar-refractivity contribution is 0.0691. The first-order valence-corrected chi connectivity index (χ1v) is 8.77. The van der Waals surface area contributed by atoms with Crippen molar-refractivity contribution in [2.45, 2.75) is 39.3 Å². The van der Waals surface area contributed by atoms with Crippen LogP contribution in [0.4, 0.5) is 0 Å². The van der Waals surface area contributed by atoms with Crippen molar-refractivity contribution in [3.8, 4) is 17.1 Å². The predicted octanol–water partition coefficient (Wildman–Crippen LogP) is 1.82. The highest BCUT2D eigenvalue weighted by Gasteiger charge is 2.28. The molecule has 0 saturated carbocycles. The Kier molecular flexibility index (Phi) is 5.28. The molecule has 10 heteroatoms. The summed E-state index contributed by atoms with van der Waals surface area (Å²) in [7, 11) is 0. The number of halogens is 1. The third-order valence-corrected chi connectivity index (χ3v) is 4.93. The summed E-state index contributed by atoms with van der Waals surface area (Å²) in [4.78, 5) is 35.0. The van der Waals surface area contributed by atoms with Crippen LogP contribution < -0.4 is 5.56 Å². The van der Waals surface area contributed by atoms with Crippen molar-refractivity contribution in [3.63, 3.8) is 0 Å². The predicted molar refractivity (Wildman–Crippen MR) is 103 cm³/mol. The van der Waals surface area contributed by atoms with Crippen LogP contribution >= 0.6 is 12.4 Å². The number of fused-ring (bicyclic) bond motifs is 3. The Morgan fingerprint density at radius 2 is 2.14 bits per heavy atom. The molecule has 3 aromatic rings. The maximum Gasteiger partial charge on any atom is 0.345 e. The van der Waals surface area contributed by atoms with E-state index in [2.05, 4.69) is 14.5 Å². The van der Waals surface area contributed by atoms with Crippen molar-refractivity contribution >= 4 is 18.4 Å². The molecule has 0 unspecified atom stereocenters. The Hall–Kier alpha value is -3.07. The number of aromatic amines is 1. The minimum atomic E-state index is -1.44. The molecule has 0 atom stereocenters. The average Bonchev–Trinajstić information content (AvgIpc) is 3.20. The Bertz CT molecular complexity index is 1080. The summed E-state index contributed by atoms with van der Waals surface area (Å²) in [5.74, 6) is -1.09. The van der Waals surface area contributed by atoms with Gasteiger partial charge in [-0.15, -0.1) is 12.4 Å². The molecule has 3 N–H and O–H groups in total. The van der Waals surface area contributed by atoms with Crippen LogP contribution in [0.1, 0.15) is 40.8 Å². The van der Waals surface area contributed by atoms with Gasteiger partial charge < -0.3 is 24.3 Å². The zero-order valence-electron chi connectivity index (χ0n) is 15.2. The fourth-order valence-corrected chi connectivity index (χ4v) is 3.73. The van der Waals surface area contributed by atoms with Crippen molar-refractivity contribution < 1.29 is 15.0 Å². The summed E-state index contributed by atoms with van der Waals surface area (Å²) >= 11 is 0. The van der Waals surface area contributed by atoms with E-state index in [1.165, 1.54) is 0 Å². The Balaban J connectivity index is 0.00000225. The molecule has 9 nitrogen and oxygen atoms in total. The molecule has 0 amide bonds. The van der Waals surface area contributed by atoms with E-state index < -0.39 is 22.8 Å². The van der Waals surface area contributed by atoms with Crippen molar-refractivity contribution in [1.82, 2.24) is 24.1 Å². The first-order valence-electron chi connectivity index (χ1n) is 8.77. The van der Waals surface area contributed by atoms with Gasteiger partial charge in [0.2, 0.25) is 0 Å². The zero-order valence-corrected chi connectivity index (χ0v) is 16.0. The van der Waals surface area contributed by atoms with E-state index >= 15 is 0 Å². The summed E-state index contributed by atoms with van der Waals surface area (Å²) in [6, 6.07) is 0. The van der Waals surface area contributed by atoms with Gasteiger partial charge >= 0.3 is 5.97 Å². The minimum absolute atomic E-state index is 0. The molecule has 0 aliphatic heterocycles. The molecule has 0 spiro atoms. The summed E-state index contributed by atoms with van der Waals surface area (Å²) in [6.07, 6.45) is 7.16. The van der Waals surface area contributed by atoms with Gasteiger partial charge in [0, 0.05) is 30.2 Å². The van der Waals surface area contributed by atoms with Crippen molar-refractivity contribution in [3.05, 3.63) is 51.7 Å². The van der Waals surface area contributed by atoms with Crippen LogP contribution in [0.2, 0.25) is 0 Å². The van der Waals surface area contributed by atoms with Gasteiger partial charge in [-0.2, -0.15) is 0 Å². The van der Waals surface area contributed by atoms with Crippen LogP contribution in [0.25, 0.3) is 11.4 Å². The number of carboxylic acid groups (broad SMARTS) is 1. The highest BCUT2D eigenvalue weighted by Crippen LogP contribution is 2.36. The van der Waals surface area contributed by atoms with Gasteiger partial charge in [-0.3, -0.25) is 4.79 Å². The maximum absolute atomic E-state index is 12.2. The van der Waals surface area contributed by atoms with Gasteiger partial charge in [0.25, 0.3) is 5.56 Å². The number of carboxylic acids is 1. The van der Waals surface area contributed by atoms with Crippen LogP contribution in [-0.2, 0) is 25.9 Å². The van der Waals surface area contributed by atoms with Gasteiger partial charge in [-0.05, 0) is 26.2 Å². The molecule has 0 bridgehead atoms. The van der Waals surface area contributed by atoms with Crippen LogP contribution in [0.3, 0.4) is 0 Å². The Morgan fingerprint density at radius 3 is 2.79 bits per heavy atom. The number of imidazole rings is 2. The van der Waals surface area contributed by atoms with E-state index in [0.717, 1.165) is 24.4 Å². The van der Waals surface area contributed by atoms with Crippen molar-refractivity contribution in [2.24, 2.45) is 0 Å². The molecule has 0 fully saturated rings. The lowest BCUT2D eigenvalue weighted by Crippen LogP contribution is -2.20. The maximum atomic E-state index is 12.2. The molecular formula is C18H20ClN5O4. The van der Waals surface area contributed by atoms with Gasteiger partial charge in [0.1, 0.15) is 17.3 Å². The number of nitrogens with one attached hydrogen (secondary N) is 1. The molecule has 4 rings (SSSR count). The third-order valence-electron chi connectivity index (χ3n) is 4.93. The fraction of sp³-hybridized carbons (Fsp3) is 0.333. The standard InChI is InChI=1S/C18H19N5O4.ClH/c1-2-23-11-5-3-4-10-14(21-17(25)13(16(10)24)18(26)27)15(11)20-12(23)8-22-7-6-19-9-22;/h6-7,9H,2-5,8H2,1H3,(H,26,27)(H2,21,24,25);1H. The van der Waals surface area contributed by atoms with E-state index in [0.29, 0.717) is 36.5 Å². The first kappa shape index (κ1) is 19.7. The first-order chi connectivity index (χ1) is 13.0. The molecule has 28 heavy (non-hydrogen) atoms. The lowest BCUT2D eigenvalue weighted by Gasteiger charge is -2.09. The summed E-state index contributed by atoms with van der Waals surface area (Å²) < 4.78 is 4.01. The van der Waals surface area contributed by atoms with Crippen LogP contribution in [-0.4, -0.2) is 40.3 Å². The minimum Gasteiger partial charge on any atom is -0.506 e. The monoisotopic (exact) mass is 405 g/mol. The average molecular weight is 406 g/mol. The number of H-pyrrole nitrogens is 1. The normalized spacial score (nSPS) is 12.6. The Morgan fingerprint density at radius 1 is 1.36 bits per heavy atom. The van der Waals surface area contributed by atoms with Gasteiger partial charge in [0.15, 0.2) is 5.56 Å². The molecule has 3 aromatic heterocycles. The summed E-state index contributed by atoms with van der Waals surface area (Å²) in [5, 5.41) is 19.7. The van der Waals surface area contributed by atoms with E-state index in [9.17, 15) is 19.8 Å². The second-order valence-corrected chi connectivity index (χ2v) is 6.49. The smallest absolute Gasteiger partial charge is 0.345 e. The van der Waals surface area contributed by atoms with E-state index in [-0.39, 0.29) is 12.4 Å². The second kappa shape index (κ2) is 7.51. The number of carbonyl (C=O) groups is 1. The van der Waals surface area contributed by atoms with E-state index in [1.54, 1.807) is 12.5 Å². The fourth-order valence-electron chi connectivity index (χ4n) is 3.73. The van der Waals surface area contributed by atoms with E-state index in [4.69, 9.17) is 4.98 Å². The number of nitrogens with zero attached hydrogens (tertiary/aromatic N) is 4. The quantitative estimate of drug-likeness (QED) is 0.607. The number of hydrogen-bond acceptors (Lipinski definition) is 5. The number of aromatic nitrogens is 5. The molecule has 0 aromatic carbocycles. The molecule has 3 heterocycles. The molecule has 0 radical (unpaired) electrons. The molecule has 148 valence electrons. The van der Waals surface area contributed by atoms with Crippen molar-refractivity contribution in [2.75, 3.05) is 0 Å². The number of aromatic carboxylic acids is 1. The van der Waals surface area contributed by atoms with Crippen LogP contribution in [0, 0.1) is 0 Å². The third kappa shape index (κ3) is 3.07. The number of pyridine rings is 1. The van der Waals surface area contributed by atoms with Crippen molar-refractivity contribution in [1.29, 1.82) is 0 Å². The van der Waals surface area contributed by atoms with Crippen LogP contribution in [0.15, 0.2) is 23.5 Å². The van der Waals surface area contributed by atoms with Gasteiger partial charge in [-0.1, -0.05) is 0 Å². The SMILES string of the molecule is CCn1c(Cn2ccnc2)nc2c1CCCc1c-2[nH]c(=O)c(C(=O)O)c1O.Cl. The topological polar surface area (TPSA) is 126 Å². The lowest BCUT2D eigenvalue weighted by atomic mass is 10.0. The van der Waals surface area contributed by atoms with Crippen LogP contribution in [0.5, 0.6) is 5.75 Å².